The number of fused-ring (bicyclic) bond motifs is 1. The van der Waals surface area contributed by atoms with Crippen LogP contribution >= 0.6 is 27.5 Å². The normalized spacial score (nSPS) is 10.8. The molecule has 3 aromatic carbocycles. The predicted octanol–water partition coefficient (Wildman–Crippen LogP) is 6.57. The van der Waals surface area contributed by atoms with E-state index >= 15 is 0 Å². The summed E-state index contributed by atoms with van der Waals surface area (Å²) in [5.74, 6) is -1.26. The molecule has 4 rings (SSSR count). The van der Waals surface area contributed by atoms with Gasteiger partial charge in [-0.3, -0.25) is 14.9 Å². The second kappa shape index (κ2) is 9.70. The van der Waals surface area contributed by atoms with E-state index in [4.69, 9.17) is 16.3 Å². The molecular weight excluding hydrogens is 524 g/mol. The van der Waals surface area contributed by atoms with Crippen LogP contribution in [0, 0.1) is 17.0 Å². The first-order chi connectivity index (χ1) is 16.2. The van der Waals surface area contributed by atoms with Crippen molar-refractivity contribution in [1.82, 2.24) is 4.98 Å². The zero-order chi connectivity index (χ0) is 24.4. The standard InChI is InChI=1S/C25H16BrClN2O5/c1-14-2-3-16(10-23(14)29(32)33)24(30)13-34-25(31)20-12-22(15-4-7-18(27)8-5-15)28-21-9-6-17(26)11-19(20)21/h2-12H,13H2,1H3. The van der Waals surface area contributed by atoms with Crippen molar-refractivity contribution in [3.8, 4) is 11.3 Å². The van der Waals surface area contributed by atoms with Gasteiger partial charge in [-0.05, 0) is 43.3 Å². The molecule has 1 heterocycles. The van der Waals surface area contributed by atoms with Crippen LogP contribution in [0.1, 0.15) is 26.3 Å². The highest BCUT2D eigenvalue weighted by atomic mass is 79.9. The maximum atomic E-state index is 13.0. The van der Waals surface area contributed by atoms with E-state index in [1.54, 1.807) is 49.4 Å². The largest absolute Gasteiger partial charge is 0.454 e. The number of pyridine rings is 1. The van der Waals surface area contributed by atoms with E-state index in [-0.39, 0.29) is 16.8 Å². The van der Waals surface area contributed by atoms with Crippen LogP contribution in [0.25, 0.3) is 22.2 Å². The van der Waals surface area contributed by atoms with Crippen molar-refractivity contribution in [2.45, 2.75) is 6.92 Å². The molecule has 0 amide bonds. The minimum absolute atomic E-state index is 0.0919. The summed E-state index contributed by atoms with van der Waals surface area (Å²) in [6.45, 7) is 1.02. The summed E-state index contributed by atoms with van der Waals surface area (Å²) < 4.78 is 6.06. The van der Waals surface area contributed by atoms with Crippen molar-refractivity contribution in [2.75, 3.05) is 6.61 Å². The second-order valence-electron chi connectivity index (χ2n) is 7.48. The van der Waals surface area contributed by atoms with Gasteiger partial charge in [0, 0.05) is 37.6 Å². The molecule has 0 unspecified atom stereocenters. The van der Waals surface area contributed by atoms with Crippen molar-refractivity contribution in [1.29, 1.82) is 0 Å². The summed E-state index contributed by atoms with van der Waals surface area (Å²) in [6.07, 6.45) is 0. The minimum Gasteiger partial charge on any atom is -0.454 e. The molecule has 1 aromatic heterocycles. The number of hydrogen-bond acceptors (Lipinski definition) is 6. The Balaban J connectivity index is 1.64. The molecule has 0 N–H and O–H groups in total. The Morgan fingerprint density at radius 3 is 2.50 bits per heavy atom. The Morgan fingerprint density at radius 2 is 1.79 bits per heavy atom. The number of hydrogen-bond donors (Lipinski definition) is 0. The highest BCUT2D eigenvalue weighted by molar-refractivity contribution is 9.10. The molecule has 0 saturated carbocycles. The van der Waals surface area contributed by atoms with Crippen LogP contribution in [-0.2, 0) is 4.74 Å². The highest BCUT2D eigenvalue weighted by Gasteiger charge is 2.19. The number of carbonyl (C=O) groups is 2. The smallest absolute Gasteiger partial charge is 0.339 e. The number of nitrogens with zero attached hydrogens (tertiary/aromatic N) is 2. The molecule has 0 atom stereocenters. The number of aromatic nitrogens is 1. The number of benzene rings is 3. The summed E-state index contributed by atoms with van der Waals surface area (Å²) in [4.78, 5) is 40.8. The first kappa shape index (κ1) is 23.5. The molecule has 7 nitrogen and oxygen atoms in total. The number of nitro groups is 1. The van der Waals surface area contributed by atoms with E-state index in [9.17, 15) is 19.7 Å². The molecular formula is C25H16BrClN2O5. The van der Waals surface area contributed by atoms with Gasteiger partial charge in [-0.25, -0.2) is 9.78 Å². The van der Waals surface area contributed by atoms with Crippen LogP contribution in [0.3, 0.4) is 0 Å². The maximum Gasteiger partial charge on any atom is 0.339 e. The highest BCUT2D eigenvalue weighted by Crippen LogP contribution is 2.28. The van der Waals surface area contributed by atoms with Crippen LogP contribution in [0.2, 0.25) is 5.02 Å². The summed E-state index contributed by atoms with van der Waals surface area (Å²) in [5.41, 5.74) is 2.46. The number of rotatable bonds is 6. The van der Waals surface area contributed by atoms with Crippen LogP contribution in [0.4, 0.5) is 5.69 Å². The van der Waals surface area contributed by atoms with Crippen molar-refractivity contribution in [3.05, 3.63) is 103 Å². The number of esters is 1. The van der Waals surface area contributed by atoms with Crippen LogP contribution in [-0.4, -0.2) is 28.3 Å². The summed E-state index contributed by atoms with van der Waals surface area (Å²) in [6, 6.07) is 18.1. The number of nitro benzene ring substituents is 1. The fourth-order valence-electron chi connectivity index (χ4n) is 3.41. The minimum atomic E-state index is -0.712. The van der Waals surface area contributed by atoms with Crippen molar-refractivity contribution >= 4 is 55.9 Å². The number of aryl methyl sites for hydroxylation is 1. The molecule has 0 aliphatic rings. The van der Waals surface area contributed by atoms with E-state index in [1.807, 2.05) is 6.07 Å². The van der Waals surface area contributed by atoms with Gasteiger partial charge >= 0.3 is 5.97 Å². The third kappa shape index (κ3) is 4.98. The number of Topliss-reactive ketones (excluding diaryl/α,β-unsaturated/α-hetero) is 1. The Hall–Kier alpha value is -3.62. The van der Waals surface area contributed by atoms with E-state index in [0.717, 1.165) is 10.0 Å². The lowest BCUT2D eigenvalue weighted by molar-refractivity contribution is -0.385. The number of carbonyl (C=O) groups excluding carboxylic acids is 2. The second-order valence-corrected chi connectivity index (χ2v) is 8.83. The molecule has 0 bridgehead atoms. The third-order valence-corrected chi connectivity index (χ3v) is 5.94. The van der Waals surface area contributed by atoms with Gasteiger partial charge in [-0.1, -0.05) is 51.8 Å². The molecule has 34 heavy (non-hydrogen) atoms. The van der Waals surface area contributed by atoms with Gasteiger partial charge in [0.15, 0.2) is 6.61 Å². The van der Waals surface area contributed by atoms with Gasteiger partial charge in [0.05, 0.1) is 21.7 Å². The molecule has 0 aliphatic heterocycles. The first-order valence-corrected chi connectivity index (χ1v) is 11.2. The Labute approximate surface area is 207 Å². The van der Waals surface area contributed by atoms with Crippen LogP contribution in [0.15, 0.2) is 71.2 Å². The topological polar surface area (TPSA) is 99.4 Å². The Kier molecular flexibility index (Phi) is 6.72. The van der Waals surface area contributed by atoms with Gasteiger partial charge in [0.1, 0.15) is 0 Å². The molecule has 170 valence electrons. The van der Waals surface area contributed by atoms with Gasteiger partial charge in [0.25, 0.3) is 5.69 Å². The van der Waals surface area contributed by atoms with Crippen molar-refractivity contribution in [3.63, 3.8) is 0 Å². The van der Waals surface area contributed by atoms with E-state index in [0.29, 0.717) is 27.2 Å². The Morgan fingerprint density at radius 1 is 1.06 bits per heavy atom. The fraction of sp³-hybridized carbons (Fsp3) is 0.0800. The molecule has 9 heteroatoms. The van der Waals surface area contributed by atoms with Crippen LogP contribution < -0.4 is 0 Å². The fourth-order valence-corrected chi connectivity index (χ4v) is 3.89. The van der Waals surface area contributed by atoms with Crippen LogP contribution in [0.5, 0.6) is 0 Å². The zero-order valence-corrected chi connectivity index (χ0v) is 20.1. The summed E-state index contributed by atoms with van der Waals surface area (Å²) in [7, 11) is 0. The average molecular weight is 540 g/mol. The number of ketones is 1. The Bertz CT molecular complexity index is 1450. The zero-order valence-electron chi connectivity index (χ0n) is 17.7. The molecule has 0 fully saturated rings. The lowest BCUT2D eigenvalue weighted by Crippen LogP contribution is -2.15. The number of ether oxygens (including phenoxy) is 1. The van der Waals surface area contributed by atoms with Gasteiger partial charge < -0.3 is 4.74 Å². The lowest BCUT2D eigenvalue weighted by Gasteiger charge is -2.11. The predicted molar refractivity (Wildman–Crippen MR) is 132 cm³/mol. The average Bonchev–Trinajstić information content (AvgIpc) is 2.82. The van der Waals surface area contributed by atoms with E-state index in [1.165, 1.54) is 18.2 Å². The quantitative estimate of drug-likeness (QED) is 0.119. The van der Waals surface area contributed by atoms with Crippen molar-refractivity contribution in [2.24, 2.45) is 0 Å². The molecule has 4 aromatic rings. The summed E-state index contributed by atoms with van der Waals surface area (Å²) in [5, 5.41) is 12.3. The maximum absolute atomic E-state index is 13.0. The van der Waals surface area contributed by atoms with Gasteiger partial charge in [-0.15, -0.1) is 0 Å². The lowest BCUT2D eigenvalue weighted by atomic mass is 10.0. The molecule has 0 saturated heterocycles. The van der Waals surface area contributed by atoms with Gasteiger partial charge in [-0.2, -0.15) is 0 Å². The molecule has 0 aliphatic carbocycles. The van der Waals surface area contributed by atoms with E-state index < -0.39 is 23.3 Å². The molecule has 0 spiro atoms. The number of halogens is 2. The summed E-state index contributed by atoms with van der Waals surface area (Å²) >= 11 is 9.38. The van der Waals surface area contributed by atoms with Gasteiger partial charge in [0.2, 0.25) is 5.78 Å². The van der Waals surface area contributed by atoms with E-state index in [2.05, 4.69) is 20.9 Å². The first-order valence-electron chi connectivity index (χ1n) is 10.0. The SMILES string of the molecule is Cc1ccc(C(=O)COC(=O)c2cc(-c3ccc(Cl)cc3)nc3ccc(Br)cc23)cc1[N+](=O)[O-]. The third-order valence-electron chi connectivity index (χ3n) is 5.19. The van der Waals surface area contributed by atoms with Crippen molar-refractivity contribution < 1.29 is 19.2 Å². The monoisotopic (exact) mass is 538 g/mol. The molecule has 0 radical (unpaired) electrons.